The molecule has 2 aromatic rings. The van der Waals surface area contributed by atoms with Crippen molar-refractivity contribution in [3.05, 3.63) is 63.5 Å². The van der Waals surface area contributed by atoms with Crippen LogP contribution in [0, 0.1) is 3.57 Å². The average Bonchev–Trinajstić information content (AvgIpc) is 2.36. The molecule has 0 atom stereocenters. The zero-order valence-electron chi connectivity index (χ0n) is 9.57. The molecule has 0 bridgehead atoms. The van der Waals surface area contributed by atoms with Crippen LogP contribution in [0.15, 0.2) is 48.8 Å². The van der Waals surface area contributed by atoms with E-state index < -0.39 is 0 Å². The smallest absolute Gasteiger partial charge is 0.0270 e. The van der Waals surface area contributed by atoms with Crippen LogP contribution < -0.4 is 5.32 Å². The number of nitrogens with zero attached hydrogens (tertiary/aromatic N) is 1. The molecule has 0 radical (unpaired) electrons. The lowest BCUT2D eigenvalue weighted by molar-refractivity contribution is 0.686. The van der Waals surface area contributed by atoms with Crippen molar-refractivity contribution < 1.29 is 0 Å². The van der Waals surface area contributed by atoms with Gasteiger partial charge in [0.25, 0.3) is 0 Å². The van der Waals surface area contributed by atoms with Gasteiger partial charge in [0.1, 0.15) is 0 Å². The molecule has 0 aliphatic heterocycles. The van der Waals surface area contributed by atoms with Crippen LogP contribution in [0.3, 0.4) is 0 Å². The second-order valence-corrected chi connectivity index (χ2v) is 5.16. The lowest BCUT2D eigenvalue weighted by Crippen LogP contribution is -2.16. The van der Waals surface area contributed by atoms with E-state index in [9.17, 15) is 0 Å². The van der Waals surface area contributed by atoms with E-state index in [0.717, 1.165) is 19.5 Å². The summed E-state index contributed by atoms with van der Waals surface area (Å²) in [4.78, 5) is 4.01. The molecule has 1 heterocycles. The van der Waals surface area contributed by atoms with Gasteiger partial charge in [-0.2, -0.15) is 0 Å². The van der Waals surface area contributed by atoms with Crippen LogP contribution in [-0.4, -0.2) is 11.5 Å². The predicted molar refractivity (Wildman–Crippen MR) is 78.8 cm³/mol. The van der Waals surface area contributed by atoms with E-state index >= 15 is 0 Å². The van der Waals surface area contributed by atoms with Gasteiger partial charge < -0.3 is 5.32 Å². The fourth-order valence-corrected chi connectivity index (χ4v) is 2.27. The lowest BCUT2D eigenvalue weighted by atomic mass is 10.2. The zero-order valence-corrected chi connectivity index (χ0v) is 11.7. The molecule has 1 aromatic heterocycles. The molecule has 1 aromatic carbocycles. The quantitative estimate of drug-likeness (QED) is 0.670. The first-order chi connectivity index (χ1) is 8.34. The number of pyridine rings is 1. The number of nitrogens with one attached hydrogen (secondary N) is 1. The molecule has 0 aliphatic rings. The molecule has 0 amide bonds. The molecule has 2 nitrogen and oxygen atoms in total. The Labute approximate surface area is 116 Å². The van der Waals surface area contributed by atoms with Crippen LogP contribution in [0.25, 0.3) is 0 Å². The SMILES string of the molecule is Ic1cccc(CNCCc2ccncc2)c1. The summed E-state index contributed by atoms with van der Waals surface area (Å²) in [6.07, 6.45) is 4.73. The van der Waals surface area contributed by atoms with Crippen LogP contribution in [0.1, 0.15) is 11.1 Å². The Morgan fingerprint density at radius 2 is 1.88 bits per heavy atom. The molecule has 0 fully saturated rings. The summed E-state index contributed by atoms with van der Waals surface area (Å²) < 4.78 is 1.29. The number of aromatic nitrogens is 1. The van der Waals surface area contributed by atoms with Crippen LogP contribution in [0.4, 0.5) is 0 Å². The topological polar surface area (TPSA) is 24.9 Å². The third kappa shape index (κ3) is 4.44. The normalized spacial score (nSPS) is 10.4. The minimum Gasteiger partial charge on any atom is -0.312 e. The van der Waals surface area contributed by atoms with E-state index in [4.69, 9.17) is 0 Å². The molecule has 17 heavy (non-hydrogen) atoms. The average molecular weight is 338 g/mol. The Kier molecular flexibility index (Phi) is 4.94. The molecule has 1 N–H and O–H groups in total. The van der Waals surface area contributed by atoms with E-state index in [1.165, 1.54) is 14.7 Å². The minimum atomic E-state index is 0.932. The molecule has 0 unspecified atom stereocenters. The maximum atomic E-state index is 4.01. The first-order valence-electron chi connectivity index (χ1n) is 5.68. The summed E-state index contributed by atoms with van der Waals surface area (Å²) in [5.41, 5.74) is 2.67. The summed E-state index contributed by atoms with van der Waals surface area (Å²) in [6, 6.07) is 12.7. The highest BCUT2D eigenvalue weighted by molar-refractivity contribution is 14.1. The van der Waals surface area contributed by atoms with Crippen molar-refractivity contribution in [3.8, 4) is 0 Å². The molecular formula is C14H15IN2. The van der Waals surface area contributed by atoms with Crippen molar-refractivity contribution >= 4 is 22.6 Å². The highest BCUT2D eigenvalue weighted by Gasteiger charge is 1.94. The van der Waals surface area contributed by atoms with Gasteiger partial charge in [0.05, 0.1) is 0 Å². The summed E-state index contributed by atoms with van der Waals surface area (Å²) in [5.74, 6) is 0. The van der Waals surface area contributed by atoms with Crippen LogP contribution in [0.5, 0.6) is 0 Å². The Hall–Kier alpha value is -0.940. The standard InChI is InChI=1S/C14H15IN2/c15-14-3-1-2-13(10-14)11-17-9-6-12-4-7-16-8-5-12/h1-5,7-8,10,17H,6,9,11H2. The maximum absolute atomic E-state index is 4.01. The van der Waals surface area contributed by atoms with E-state index in [-0.39, 0.29) is 0 Å². The van der Waals surface area contributed by atoms with Gasteiger partial charge in [-0.05, 0) is 70.9 Å². The van der Waals surface area contributed by atoms with Crippen molar-refractivity contribution in [1.29, 1.82) is 0 Å². The van der Waals surface area contributed by atoms with Crippen LogP contribution in [-0.2, 0) is 13.0 Å². The van der Waals surface area contributed by atoms with Crippen molar-refractivity contribution in [3.63, 3.8) is 0 Å². The summed E-state index contributed by atoms with van der Waals surface area (Å²) in [5, 5.41) is 3.45. The molecule has 0 spiro atoms. The number of hydrogen-bond donors (Lipinski definition) is 1. The van der Waals surface area contributed by atoms with Gasteiger partial charge in [-0.15, -0.1) is 0 Å². The minimum absolute atomic E-state index is 0.932. The summed E-state index contributed by atoms with van der Waals surface area (Å²) >= 11 is 2.34. The largest absolute Gasteiger partial charge is 0.312 e. The van der Waals surface area contributed by atoms with E-state index in [0.29, 0.717) is 0 Å². The summed E-state index contributed by atoms with van der Waals surface area (Å²) in [7, 11) is 0. The molecule has 0 saturated carbocycles. The van der Waals surface area contributed by atoms with Gasteiger partial charge in [0.15, 0.2) is 0 Å². The highest BCUT2D eigenvalue weighted by Crippen LogP contribution is 2.07. The van der Waals surface area contributed by atoms with Gasteiger partial charge in [-0.25, -0.2) is 0 Å². The third-order valence-electron chi connectivity index (χ3n) is 2.56. The number of hydrogen-bond acceptors (Lipinski definition) is 2. The zero-order chi connectivity index (χ0) is 11.9. The van der Waals surface area contributed by atoms with Gasteiger partial charge in [-0.1, -0.05) is 12.1 Å². The van der Waals surface area contributed by atoms with Crippen LogP contribution in [0.2, 0.25) is 0 Å². The van der Waals surface area contributed by atoms with Crippen molar-refractivity contribution in [2.75, 3.05) is 6.54 Å². The predicted octanol–water partition coefficient (Wildman–Crippen LogP) is 3.02. The van der Waals surface area contributed by atoms with E-state index in [1.807, 2.05) is 12.4 Å². The molecule has 2 rings (SSSR count). The number of halogens is 1. The third-order valence-corrected chi connectivity index (χ3v) is 3.23. The second kappa shape index (κ2) is 6.71. The van der Waals surface area contributed by atoms with Gasteiger partial charge >= 0.3 is 0 Å². The summed E-state index contributed by atoms with van der Waals surface area (Å²) in [6.45, 7) is 1.93. The molecule has 0 aliphatic carbocycles. The molecule has 0 saturated heterocycles. The second-order valence-electron chi connectivity index (χ2n) is 3.91. The van der Waals surface area contributed by atoms with Crippen molar-refractivity contribution in [2.45, 2.75) is 13.0 Å². The maximum Gasteiger partial charge on any atom is 0.0270 e. The van der Waals surface area contributed by atoms with Gasteiger partial charge in [0.2, 0.25) is 0 Å². The highest BCUT2D eigenvalue weighted by atomic mass is 127. The molecule has 3 heteroatoms. The number of rotatable bonds is 5. The van der Waals surface area contributed by atoms with E-state index in [2.05, 4.69) is 69.3 Å². The monoisotopic (exact) mass is 338 g/mol. The fraction of sp³-hybridized carbons (Fsp3) is 0.214. The number of benzene rings is 1. The van der Waals surface area contributed by atoms with Crippen molar-refractivity contribution in [2.24, 2.45) is 0 Å². The Morgan fingerprint density at radius 3 is 2.65 bits per heavy atom. The first kappa shape index (κ1) is 12.5. The van der Waals surface area contributed by atoms with Crippen LogP contribution >= 0.6 is 22.6 Å². The Morgan fingerprint density at radius 1 is 1.06 bits per heavy atom. The molecular weight excluding hydrogens is 323 g/mol. The fourth-order valence-electron chi connectivity index (χ4n) is 1.66. The molecule has 88 valence electrons. The lowest BCUT2D eigenvalue weighted by Gasteiger charge is -2.05. The van der Waals surface area contributed by atoms with Gasteiger partial charge in [0, 0.05) is 22.5 Å². The van der Waals surface area contributed by atoms with E-state index in [1.54, 1.807) is 0 Å². The Bertz CT molecular complexity index is 457. The first-order valence-corrected chi connectivity index (χ1v) is 6.76. The van der Waals surface area contributed by atoms with Crippen molar-refractivity contribution in [1.82, 2.24) is 10.3 Å². The van der Waals surface area contributed by atoms with Gasteiger partial charge in [-0.3, -0.25) is 4.98 Å². The Balaban J connectivity index is 1.73.